The van der Waals surface area contributed by atoms with Crippen molar-refractivity contribution in [2.45, 2.75) is 32.6 Å². The Kier molecular flexibility index (Phi) is 5.78. The van der Waals surface area contributed by atoms with E-state index in [0.717, 1.165) is 18.5 Å². The predicted molar refractivity (Wildman–Crippen MR) is 72.4 cm³/mol. The zero-order valence-corrected chi connectivity index (χ0v) is 10.9. The third-order valence-electron chi connectivity index (χ3n) is 2.80. The summed E-state index contributed by atoms with van der Waals surface area (Å²) in [5.74, 6) is -0.776. The summed E-state index contributed by atoms with van der Waals surface area (Å²) >= 11 is 0. The van der Waals surface area contributed by atoms with E-state index in [-0.39, 0.29) is 12.1 Å². The molecule has 0 bridgehead atoms. The Hall–Kier alpha value is -2.11. The van der Waals surface area contributed by atoms with Crippen molar-refractivity contribution in [1.29, 1.82) is 0 Å². The van der Waals surface area contributed by atoms with E-state index in [9.17, 15) is 14.9 Å². The summed E-state index contributed by atoms with van der Waals surface area (Å²) < 4.78 is 0. The van der Waals surface area contributed by atoms with Crippen LogP contribution in [-0.4, -0.2) is 22.5 Å². The van der Waals surface area contributed by atoms with Crippen molar-refractivity contribution < 1.29 is 14.8 Å². The van der Waals surface area contributed by atoms with E-state index < -0.39 is 10.9 Å². The number of unbranched alkanes of at least 4 members (excludes halogenated alkanes) is 2. The van der Waals surface area contributed by atoms with Gasteiger partial charge in [-0.05, 0) is 25.8 Å². The second-order valence-electron chi connectivity index (χ2n) is 4.39. The van der Waals surface area contributed by atoms with Crippen molar-refractivity contribution in [1.82, 2.24) is 0 Å². The second kappa shape index (κ2) is 7.35. The van der Waals surface area contributed by atoms with Gasteiger partial charge >= 0.3 is 5.97 Å². The van der Waals surface area contributed by atoms with E-state index >= 15 is 0 Å². The Morgan fingerprint density at radius 2 is 2.11 bits per heavy atom. The molecule has 6 heteroatoms. The van der Waals surface area contributed by atoms with Crippen molar-refractivity contribution in [3.63, 3.8) is 0 Å². The first kappa shape index (κ1) is 14.9. The number of hydrogen-bond donors (Lipinski definition) is 2. The summed E-state index contributed by atoms with van der Waals surface area (Å²) in [7, 11) is 0. The normalized spacial score (nSPS) is 10.2. The van der Waals surface area contributed by atoms with Crippen LogP contribution in [0.15, 0.2) is 18.2 Å². The highest BCUT2D eigenvalue weighted by atomic mass is 16.6. The molecule has 0 heterocycles. The van der Waals surface area contributed by atoms with Crippen molar-refractivity contribution in [2.24, 2.45) is 0 Å². The van der Waals surface area contributed by atoms with Crippen LogP contribution in [0, 0.1) is 17.0 Å². The Bertz CT molecular complexity index is 460. The summed E-state index contributed by atoms with van der Waals surface area (Å²) in [5, 5.41) is 22.4. The maximum atomic E-state index is 10.8. The van der Waals surface area contributed by atoms with E-state index in [2.05, 4.69) is 5.32 Å². The second-order valence-corrected chi connectivity index (χ2v) is 4.39. The number of hydrogen-bond acceptors (Lipinski definition) is 4. The molecule has 0 aliphatic heterocycles. The average molecular weight is 266 g/mol. The smallest absolute Gasteiger partial charge is 0.303 e. The molecule has 0 atom stereocenters. The zero-order chi connectivity index (χ0) is 14.3. The molecule has 0 unspecified atom stereocenters. The minimum Gasteiger partial charge on any atom is -0.481 e. The van der Waals surface area contributed by atoms with Crippen molar-refractivity contribution in [3.05, 3.63) is 33.9 Å². The van der Waals surface area contributed by atoms with Gasteiger partial charge in [0.25, 0.3) is 5.69 Å². The third-order valence-corrected chi connectivity index (χ3v) is 2.80. The molecular weight excluding hydrogens is 248 g/mol. The maximum Gasteiger partial charge on any atom is 0.303 e. The van der Waals surface area contributed by atoms with E-state index in [4.69, 9.17) is 5.11 Å². The first-order valence-electron chi connectivity index (χ1n) is 6.21. The predicted octanol–water partition coefficient (Wildman–Crippen LogP) is 2.96. The molecule has 1 aromatic rings. The van der Waals surface area contributed by atoms with E-state index in [1.807, 2.05) is 0 Å². The van der Waals surface area contributed by atoms with Gasteiger partial charge < -0.3 is 10.4 Å². The van der Waals surface area contributed by atoms with Crippen LogP contribution in [0.25, 0.3) is 0 Å². The topological polar surface area (TPSA) is 92.5 Å². The average Bonchev–Trinajstić information content (AvgIpc) is 2.34. The third kappa shape index (κ3) is 5.37. The highest BCUT2D eigenvalue weighted by Crippen LogP contribution is 2.22. The molecule has 2 N–H and O–H groups in total. The van der Waals surface area contributed by atoms with Crippen LogP contribution >= 0.6 is 0 Å². The maximum absolute atomic E-state index is 10.8. The van der Waals surface area contributed by atoms with Gasteiger partial charge in [0.1, 0.15) is 0 Å². The standard InChI is InChI=1S/C13H18N2O4/c1-10-6-7-11(9-12(10)15(18)19)14-8-4-2-3-5-13(16)17/h6-7,9,14H,2-5,8H2,1H3,(H,16,17). The van der Waals surface area contributed by atoms with Gasteiger partial charge in [0.15, 0.2) is 0 Å². The van der Waals surface area contributed by atoms with Crippen molar-refractivity contribution >= 4 is 17.3 Å². The van der Waals surface area contributed by atoms with Crippen LogP contribution < -0.4 is 5.32 Å². The number of nitrogens with one attached hydrogen (secondary N) is 1. The lowest BCUT2D eigenvalue weighted by atomic mass is 10.1. The quantitative estimate of drug-likeness (QED) is 0.428. The number of nitro groups is 1. The summed E-state index contributed by atoms with van der Waals surface area (Å²) in [6.45, 7) is 2.38. The number of nitro benzene ring substituents is 1. The van der Waals surface area contributed by atoms with Crippen LogP contribution in [0.5, 0.6) is 0 Å². The summed E-state index contributed by atoms with van der Waals surface area (Å²) in [6, 6.07) is 5.04. The molecule has 1 rings (SSSR count). The number of rotatable bonds is 8. The molecule has 0 saturated heterocycles. The molecule has 6 nitrogen and oxygen atoms in total. The van der Waals surface area contributed by atoms with E-state index in [0.29, 0.717) is 18.5 Å². The summed E-state index contributed by atoms with van der Waals surface area (Å²) in [5.41, 5.74) is 1.46. The van der Waals surface area contributed by atoms with Crippen molar-refractivity contribution in [3.8, 4) is 0 Å². The minimum absolute atomic E-state index is 0.107. The molecule has 0 radical (unpaired) electrons. The Morgan fingerprint density at radius 3 is 2.74 bits per heavy atom. The molecular formula is C13H18N2O4. The summed E-state index contributed by atoms with van der Waals surface area (Å²) in [6.07, 6.45) is 2.52. The largest absolute Gasteiger partial charge is 0.481 e. The lowest BCUT2D eigenvalue weighted by Gasteiger charge is -2.06. The molecule has 0 amide bonds. The van der Waals surface area contributed by atoms with Crippen LogP contribution in [0.1, 0.15) is 31.2 Å². The minimum atomic E-state index is -0.776. The highest BCUT2D eigenvalue weighted by molar-refractivity contribution is 5.66. The molecule has 0 aliphatic carbocycles. The fourth-order valence-corrected chi connectivity index (χ4v) is 1.73. The number of carbonyl (C=O) groups is 1. The zero-order valence-electron chi connectivity index (χ0n) is 10.9. The number of benzene rings is 1. The number of carboxylic acids is 1. The number of anilines is 1. The van der Waals surface area contributed by atoms with Crippen LogP contribution in [0.4, 0.5) is 11.4 Å². The van der Waals surface area contributed by atoms with Crippen LogP contribution in [0.3, 0.4) is 0 Å². The van der Waals surface area contributed by atoms with Crippen LogP contribution in [0.2, 0.25) is 0 Å². The van der Waals surface area contributed by atoms with Gasteiger partial charge in [0, 0.05) is 30.3 Å². The molecule has 0 fully saturated rings. The van der Waals surface area contributed by atoms with E-state index in [1.165, 1.54) is 6.07 Å². The fourth-order valence-electron chi connectivity index (χ4n) is 1.73. The molecule has 0 aromatic heterocycles. The van der Waals surface area contributed by atoms with Gasteiger partial charge in [-0.1, -0.05) is 12.5 Å². The number of carboxylic acid groups (broad SMARTS) is 1. The number of aliphatic carboxylic acids is 1. The van der Waals surface area contributed by atoms with Gasteiger partial charge in [-0.15, -0.1) is 0 Å². The lowest BCUT2D eigenvalue weighted by molar-refractivity contribution is -0.385. The highest BCUT2D eigenvalue weighted by Gasteiger charge is 2.10. The fraction of sp³-hybridized carbons (Fsp3) is 0.462. The molecule has 0 saturated carbocycles. The van der Waals surface area contributed by atoms with Gasteiger partial charge in [0.05, 0.1) is 4.92 Å². The van der Waals surface area contributed by atoms with Gasteiger partial charge in [-0.25, -0.2) is 0 Å². The lowest BCUT2D eigenvalue weighted by Crippen LogP contribution is -2.03. The van der Waals surface area contributed by atoms with Gasteiger partial charge in [-0.2, -0.15) is 0 Å². The Balaban J connectivity index is 2.35. The Labute approximate surface area is 111 Å². The molecule has 0 spiro atoms. The SMILES string of the molecule is Cc1ccc(NCCCCCC(=O)O)cc1[N+](=O)[O-]. The first-order valence-corrected chi connectivity index (χ1v) is 6.21. The van der Waals surface area contributed by atoms with E-state index in [1.54, 1.807) is 19.1 Å². The molecule has 1 aromatic carbocycles. The number of nitrogens with zero attached hydrogens (tertiary/aromatic N) is 1. The summed E-state index contributed by atoms with van der Waals surface area (Å²) in [4.78, 5) is 20.7. The number of aryl methyl sites for hydroxylation is 1. The van der Waals surface area contributed by atoms with Crippen LogP contribution in [-0.2, 0) is 4.79 Å². The van der Waals surface area contributed by atoms with Gasteiger partial charge in [0.2, 0.25) is 0 Å². The Morgan fingerprint density at radius 1 is 1.37 bits per heavy atom. The molecule has 104 valence electrons. The van der Waals surface area contributed by atoms with Gasteiger partial charge in [-0.3, -0.25) is 14.9 Å². The monoisotopic (exact) mass is 266 g/mol. The molecule has 0 aliphatic rings. The first-order chi connectivity index (χ1) is 9.00. The molecule has 19 heavy (non-hydrogen) atoms. The van der Waals surface area contributed by atoms with Crippen molar-refractivity contribution in [2.75, 3.05) is 11.9 Å².